The molecular formula is C26H31ClN6O2. The second-order valence-corrected chi connectivity index (χ2v) is 10.3. The summed E-state index contributed by atoms with van der Waals surface area (Å²) in [6, 6.07) is 7.98. The van der Waals surface area contributed by atoms with E-state index < -0.39 is 0 Å². The first-order chi connectivity index (χ1) is 16.8. The number of amides is 1. The predicted octanol–water partition coefficient (Wildman–Crippen LogP) is 4.67. The van der Waals surface area contributed by atoms with Gasteiger partial charge in [-0.05, 0) is 70.1 Å². The molecule has 3 aromatic rings. The highest BCUT2D eigenvalue weighted by molar-refractivity contribution is 6.31. The number of aryl methyl sites for hydroxylation is 1. The lowest BCUT2D eigenvalue weighted by Crippen LogP contribution is -2.45. The zero-order valence-corrected chi connectivity index (χ0v) is 21.2. The van der Waals surface area contributed by atoms with E-state index in [1.165, 1.54) is 0 Å². The third-order valence-corrected chi connectivity index (χ3v) is 7.59. The minimum atomic E-state index is -0.195. The van der Waals surface area contributed by atoms with Gasteiger partial charge in [0.2, 0.25) is 11.9 Å². The highest BCUT2D eigenvalue weighted by Crippen LogP contribution is 2.32. The first-order valence-corrected chi connectivity index (χ1v) is 12.6. The summed E-state index contributed by atoms with van der Waals surface area (Å²) in [5, 5.41) is 4.25. The van der Waals surface area contributed by atoms with Crippen molar-refractivity contribution in [2.45, 2.75) is 57.5 Å². The molecule has 1 atom stereocenters. The van der Waals surface area contributed by atoms with Crippen LogP contribution in [0.15, 0.2) is 35.3 Å². The van der Waals surface area contributed by atoms with Gasteiger partial charge in [0, 0.05) is 48.0 Å². The van der Waals surface area contributed by atoms with Gasteiger partial charge >= 0.3 is 0 Å². The number of benzene rings is 1. The van der Waals surface area contributed by atoms with E-state index in [0.29, 0.717) is 30.6 Å². The highest BCUT2D eigenvalue weighted by Gasteiger charge is 2.28. The molecule has 3 heterocycles. The Morgan fingerprint density at radius 1 is 1.11 bits per heavy atom. The van der Waals surface area contributed by atoms with Crippen LogP contribution in [-0.2, 0) is 4.79 Å². The number of nitrogens with zero attached hydrogens (tertiary/aromatic N) is 5. The SMILES string of the molecule is Cc1cc(N2CC[C@H](N(C)C)CC2=O)ccc1Nc1ncc2cc(Cl)c(=O)n(C3CCCC3)c2n1. The number of pyridine rings is 1. The van der Waals surface area contributed by atoms with Crippen molar-refractivity contribution in [2.75, 3.05) is 30.9 Å². The molecule has 1 amide bonds. The molecule has 2 fully saturated rings. The molecule has 0 spiro atoms. The van der Waals surface area contributed by atoms with Crippen LogP contribution in [0.4, 0.5) is 17.3 Å². The molecule has 0 bridgehead atoms. The standard InChI is InChI=1S/C26H31ClN6O2/c1-16-12-20(32-11-10-19(31(2)3)14-23(32)34)8-9-22(16)29-26-28-15-17-13-21(27)25(35)33(24(17)30-26)18-6-4-5-7-18/h8-9,12-13,15,18-19H,4-7,10-11,14H2,1-3H3,(H,28,29,30)/t19-/m0/s1. The lowest BCUT2D eigenvalue weighted by Gasteiger charge is -2.35. The average Bonchev–Trinajstić information content (AvgIpc) is 3.36. The number of hydrogen-bond acceptors (Lipinski definition) is 6. The van der Waals surface area contributed by atoms with Crippen molar-refractivity contribution < 1.29 is 4.79 Å². The molecule has 0 unspecified atom stereocenters. The van der Waals surface area contributed by atoms with Crippen molar-refractivity contribution in [3.8, 4) is 0 Å². The quantitative estimate of drug-likeness (QED) is 0.555. The molecule has 35 heavy (non-hydrogen) atoms. The number of hydrogen-bond donors (Lipinski definition) is 1. The normalized spacial score (nSPS) is 19.2. The highest BCUT2D eigenvalue weighted by atomic mass is 35.5. The van der Waals surface area contributed by atoms with Gasteiger partial charge in [0.15, 0.2) is 0 Å². The summed E-state index contributed by atoms with van der Waals surface area (Å²) in [4.78, 5) is 38.8. The van der Waals surface area contributed by atoms with Gasteiger partial charge in [-0.3, -0.25) is 14.2 Å². The Morgan fingerprint density at radius 2 is 1.89 bits per heavy atom. The van der Waals surface area contributed by atoms with Gasteiger partial charge in [0.25, 0.3) is 5.56 Å². The van der Waals surface area contributed by atoms with Gasteiger partial charge in [-0.2, -0.15) is 4.98 Å². The van der Waals surface area contributed by atoms with Crippen LogP contribution in [0, 0.1) is 6.92 Å². The molecule has 0 radical (unpaired) electrons. The second kappa shape index (κ2) is 9.59. The number of halogens is 1. The Balaban J connectivity index is 1.41. The van der Waals surface area contributed by atoms with Gasteiger partial charge in [0.1, 0.15) is 10.7 Å². The molecule has 8 nitrogen and oxygen atoms in total. The average molecular weight is 495 g/mol. The van der Waals surface area contributed by atoms with Gasteiger partial charge in [-0.1, -0.05) is 24.4 Å². The Hall–Kier alpha value is -2.97. The zero-order chi connectivity index (χ0) is 24.7. The smallest absolute Gasteiger partial charge is 0.271 e. The third kappa shape index (κ3) is 4.65. The molecule has 1 saturated heterocycles. The second-order valence-electron chi connectivity index (χ2n) is 9.86. The van der Waals surface area contributed by atoms with E-state index in [2.05, 4.69) is 15.2 Å². The number of nitrogens with one attached hydrogen (secondary N) is 1. The fourth-order valence-corrected chi connectivity index (χ4v) is 5.46. The molecule has 2 aromatic heterocycles. The molecule has 1 saturated carbocycles. The summed E-state index contributed by atoms with van der Waals surface area (Å²) in [6.07, 6.45) is 7.29. The van der Waals surface area contributed by atoms with Gasteiger partial charge in [-0.25, -0.2) is 4.98 Å². The summed E-state index contributed by atoms with van der Waals surface area (Å²) in [6.45, 7) is 2.71. The van der Waals surface area contributed by atoms with Crippen molar-refractivity contribution in [1.82, 2.24) is 19.4 Å². The van der Waals surface area contributed by atoms with Crippen LogP contribution in [0.2, 0.25) is 5.02 Å². The number of anilines is 3. The number of fused-ring (bicyclic) bond motifs is 1. The minimum absolute atomic E-state index is 0.113. The van der Waals surface area contributed by atoms with Crippen LogP contribution in [0.3, 0.4) is 0 Å². The van der Waals surface area contributed by atoms with Crippen LogP contribution >= 0.6 is 11.6 Å². The predicted molar refractivity (Wildman–Crippen MR) is 140 cm³/mol. The third-order valence-electron chi connectivity index (χ3n) is 7.31. The number of piperidine rings is 1. The number of carbonyl (C=O) groups excluding carboxylic acids is 1. The van der Waals surface area contributed by atoms with E-state index in [0.717, 1.165) is 54.4 Å². The molecule has 2 aliphatic rings. The largest absolute Gasteiger partial charge is 0.324 e. The number of aromatic nitrogens is 3. The first-order valence-electron chi connectivity index (χ1n) is 12.2. The molecule has 1 aromatic carbocycles. The maximum atomic E-state index is 12.9. The van der Waals surface area contributed by atoms with Gasteiger partial charge < -0.3 is 15.1 Å². The Kier molecular flexibility index (Phi) is 6.51. The monoisotopic (exact) mass is 494 g/mol. The fraction of sp³-hybridized carbons (Fsp3) is 0.462. The Morgan fingerprint density at radius 3 is 2.57 bits per heavy atom. The molecule has 184 valence electrons. The minimum Gasteiger partial charge on any atom is -0.324 e. The van der Waals surface area contributed by atoms with Crippen molar-refractivity contribution >= 4 is 45.9 Å². The van der Waals surface area contributed by atoms with Crippen LogP contribution in [0.25, 0.3) is 11.0 Å². The maximum absolute atomic E-state index is 12.9. The van der Waals surface area contributed by atoms with Crippen LogP contribution in [0.1, 0.15) is 50.1 Å². The molecule has 5 rings (SSSR count). The van der Waals surface area contributed by atoms with Crippen molar-refractivity contribution in [2.24, 2.45) is 0 Å². The van der Waals surface area contributed by atoms with E-state index >= 15 is 0 Å². The van der Waals surface area contributed by atoms with E-state index in [4.69, 9.17) is 16.6 Å². The summed E-state index contributed by atoms with van der Waals surface area (Å²) in [5.74, 6) is 0.571. The van der Waals surface area contributed by atoms with Crippen LogP contribution in [-0.4, -0.2) is 52.0 Å². The number of carbonyl (C=O) groups is 1. The van der Waals surface area contributed by atoms with Crippen molar-refractivity contribution in [1.29, 1.82) is 0 Å². The lowest BCUT2D eigenvalue weighted by atomic mass is 10.0. The first kappa shape index (κ1) is 23.8. The molecule has 9 heteroatoms. The Labute approximate surface area is 209 Å². The number of rotatable bonds is 5. The maximum Gasteiger partial charge on any atom is 0.271 e. The molecule has 1 aliphatic carbocycles. The van der Waals surface area contributed by atoms with Crippen LogP contribution in [0.5, 0.6) is 0 Å². The van der Waals surface area contributed by atoms with Gasteiger partial charge in [0.05, 0.1) is 0 Å². The van der Waals surface area contributed by atoms with E-state index in [1.807, 2.05) is 44.1 Å². The van der Waals surface area contributed by atoms with Crippen molar-refractivity contribution in [3.05, 3.63) is 51.4 Å². The molecule has 1 aliphatic heterocycles. The van der Waals surface area contributed by atoms with E-state index in [-0.39, 0.29) is 22.5 Å². The Bertz CT molecular complexity index is 1330. The van der Waals surface area contributed by atoms with Gasteiger partial charge in [-0.15, -0.1) is 0 Å². The van der Waals surface area contributed by atoms with E-state index in [9.17, 15) is 9.59 Å². The van der Waals surface area contributed by atoms with Crippen LogP contribution < -0.4 is 15.8 Å². The zero-order valence-electron chi connectivity index (χ0n) is 20.4. The van der Waals surface area contributed by atoms with E-state index in [1.54, 1.807) is 16.8 Å². The summed E-state index contributed by atoms with van der Waals surface area (Å²) in [7, 11) is 4.05. The summed E-state index contributed by atoms with van der Waals surface area (Å²) >= 11 is 6.24. The fourth-order valence-electron chi connectivity index (χ4n) is 5.25. The molecule has 1 N–H and O–H groups in total. The summed E-state index contributed by atoms with van der Waals surface area (Å²) < 4.78 is 1.75. The summed E-state index contributed by atoms with van der Waals surface area (Å²) in [5.41, 5.74) is 3.15. The topological polar surface area (TPSA) is 83.4 Å². The lowest BCUT2D eigenvalue weighted by molar-refractivity contribution is -0.120. The van der Waals surface area contributed by atoms with Crippen molar-refractivity contribution in [3.63, 3.8) is 0 Å². The molecular weight excluding hydrogens is 464 g/mol.